The second kappa shape index (κ2) is 6.78. The molecule has 108 valence electrons. The van der Waals surface area contributed by atoms with E-state index >= 15 is 0 Å². The van der Waals surface area contributed by atoms with E-state index in [1.807, 2.05) is 55.3 Å². The van der Waals surface area contributed by atoms with Gasteiger partial charge in [0.25, 0.3) is 0 Å². The second-order valence-electron chi connectivity index (χ2n) is 4.84. The van der Waals surface area contributed by atoms with E-state index < -0.39 is 0 Å². The van der Waals surface area contributed by atoms with E-state index in [4.69, 9.17) is 9.47 Å². The zero-order chi connectivity index (χ0) is 15.2. The SMILES string of the molecule is COc1ccc(C(=C=O)Cc2cc(C)cc(OC)c2)cc1. The Labute approximate surface area is 124 Å². The highest BCUT2D eigenvalue weighted by Crippen LogP contribution is 2.23. The molecule has 0 atom stereocenters. The molecule has 21 heavy (non-hydrogen) atoms. The van der Waals surface area contributed by atoms with E-state index in [9.17, 15) is 4.79 Å². The molecule has 0 bridgehead atoms. The molecule has 0 spiro atoms. The number of methoxy groups -OCH3 is 2. The third-order valence-corrected chi connectivity index (χ3v) is 3.29. The molecule has 0 aromatic heterocycles. The molecule has 0 aliphatic rings. The van der Waals surface area contributed by atoms with Crippen LogP contribution in [0.2, 0.25) is 0 Å². The first-order valence-electron chi connectivity index (χ1n) is 6.69. The summed E-state index contributed by atoms with van der Waals surface area (Å²) in [6, 6.07) is 13.4. The molecular formula is C18H18O3. The summed E-state index contributed by atoms with van der Waals surface area (Å²) in [7, 11) is 3.25. The van der Waals surface area contributed by atoms with Crippen molar-refractivity contribution in [3.8, 4) is 11.5 Å². The summed E-state index contributed by atoms with van der Waals surface area (Å²) in [5.41, 5.74) is 3.60. The number of hydrogen-bond donors (Lipinski definition) is 0. The van der Waals surface area contributed by atoms with Crippen LogP contribution >= 0.6 is 0 Å². The van der Waals surface area contributed by atoms with Crippen molar-refractivity contribution in [2.45, 2.75) is 13.3 Å². The molecule has 2 rings (SSSR count). The van der Waals surface area contributed by atoms with Gasteiger partial charge in [0.15, 0.2) is 0 Å². The van der Waals surface area contributed by atoms with Gasteiger partial charge in [-0.3, -0.25) is 0 Å². The van der Waals surface area contributed by atoms with Crippen molar-refractivity contribution in [2.75, 3.05) is 14.2 Å². The van der Waals surface area contributed by atoms with Crippen LogP contribution in [0.1, 0.15) is 16.7 Å². The summed E-state index contributed by atoms with van der Waals surface area (Å²) < 4.78 is 10.4. The van der Waals surface area contributed by atoms with Gasteiger partial charge in [-0.25, -0.2) is 4.79 Å². The zero-order valence-electron chi connectivity index (χ0n) is 12.5. The maximum atomic E-state index is 11.3. The molecule has 0 saturated carbocycles. The molecule has 0 radical (unpaired) electrons. The molecule has 0 N–H and O–H groups in total. The summed E-state index contributed by atoms with van der Waals surface area (Å²) in [4.78, 5) is 11.3. The normalized spacial score (nSPS) is 9.86. The van der Waals surface area contributed by atoms with Crippen LogP contribution in [0.5, 0.6) is 11.5 Å². The molecule has 2 aromatic carbocycles. The smallest absolute Gasteiger partial charge is 0.128 e. The highest BCUT2D eigenvalue weighted by Gasteiger charge is 2.07. The lowest BCUT2D eigenvalue weighted by molar-refractivity contribution is 0.414. The number of hydrogen-bond acceptors (Lipinski definition) is 3. The second-order valence-corrected chi connectivity index (χ2v) is 4.84. The molecule has 0 aliphatic heterocycles. The van der Waals surface area contributed by atoms with Crippen molar-refractivity contribution in [1.29, 1.82) is 0 Å². The molecular weight excluding hydrogens is 264 g/mol. The minimum atomic E-state index is 0.522. The topological polar surface area (TPSA) is 35.5 Å². The van der Waals surface area contributed by atoms with Gasteiger partial charge >= 0.3 is 0 Å². The summed E-state index contributed by atoms with van der Waals surface area (Å²) in [5.74, 6) is 3.61. The predicted octanol–water partition coefficient (Wildman–Crippen LogP) is 3.47. The van der Waals surface area contributed by atoms with Crippen molar-refractivity contribution < 1.29 is 14.3 Å². The van der Waals surface area contributed by atoms with Crippen LogP contribution in [0.25, 0.3) is 5.57 Å². The molecule has 3 heteroatoms. The van der Waals surface area contributed by atoms with Crippen LogP contribution in [-0.4, -0.2) is 20.2 Å². The average Bonchev–Trinajstić information content (AvgIpc) is 2.52. The number of carbonyl (C=O) groups excluding carboxylic acids is 1. The first kappa shape index (κ1) is 14.9. The lowest BCUT2D eigenvalue weighted by atomic mass is 9.98. The minimum Gasteiger partial charge on any atom is -0.497 e. The van der Waals surface area contributed by atoms with Gasteiger partial charge in [0.05, 0.1) is 14.2 Å². The Morgan fingerprint density at radius 3 is 2.24 bits per heavy atom. The zero-order valence-corrected chi connectivity index (χ0v) is 12.5. The van der Waals surface area contributed by atoms with Crippen molar-refractivity contribution in [1.82, 2.24) is 0 Å². The van der Waals surface area contributed by atoms with Crippen LogP contribution in [0, 0.1) is 6.92 Å². The first-order chi connectivity index (χ1) is 10.2. The Bertz CT molecular complexity index is 665. The van der Waals surface area contributed by atoms with E-state index in [1.54, 1.807) is 14.2 Å². The van der Waals surface area contributed by atoms with Gasteiger partial charge in [0.2, 0.25) is 0 Å². The van der Waals surface area contributed by atoms with E-state index in [-0.39, 0.29) is 0 Å². The fourth-order valence-electron chi connectivity index (χ4n) is 2.24. The molecule has 0 heterocycles. The van der Waals surface area contributed by atoms with Gasteiger partial charge in [-0.15, -0.1) is 0 Å². The third-order valence-electron chi connectivity index (χ3n) is 3.29. The third kappa shape index (κ3) is 3.74. The Balaban J connectivity index is 2.27. The highest BCUT2D eigenvalue weighted by atomic mass is 16.5. The lowest BCUT2D eigenvalue weighted by Gasteiger charge is -2.08. The van der Waals surface area contributed by atoms with Gasteiger partial charge in [-0.05, 0) is 47.9 Å². The maximum absolute atomic E-state index is 11.3. The van der Waals surface area contributed by atoms with Crippen molar-refractivity contribution in [2.24, 2.45) is 0 Å². The number of benzene rings is 2. The van der Waals surface area contributed by atoms with Crippen molar-refractivity contribution >= 4 is 11.5 Å². The standard InChI is InChI=1S/C18H18O3/c1-13-8-14(11-18(9-13)21-3)10-16(12-19)15-4-6-17(20-2)7-5-15/h4-9,11H,10H2,1-3H3. The number of rotatable bonds is 5. The van der Waals surface area contributed by atoms with E-state index in [1.165, 1.54) is 0 Å². The van der Waals surface area contributed by atoms with Gasteiger partial charge in [-0.1, -0.05) is 18.2 Å². The molecule has 0 fully saturated rings. The van der Waals surface area contributed by atoms with Crippen molar-refractivity contribution in [3.05, 3.63) is 59.2 Å². The Morgan fingerprint density at radius 1 is 1.00 bits per heavy atom. The van der Waals surface area contributed by atoms with Gasteiger partial charge < -0.3 is 9.47 Å². The highest BCUT2D eigenvalue weighted by molar-refractivity contribution is 5.88. The summed E-state index contributed by atoms with van der Waals surface area (Å²) >= 11 is 0. The Morgan fingerprint density at radius 2 is 1.67 bits per heavy atom. The van der Waals surface area contributed by atoms with Crippen molar-refractivity contribution in [3.63, 3.8) is 0 Å². The summed E-state index contributed by atoms with van der Waals surface area (Å²) in [5, 5.41) is 0. The van der Waals surface area contributed by atoms with E-state index in [2.05, 4.69) is 0 Å². The maximum Gasteiger partial charge on any atom is 0.128 e. The fourth-order valence-corrected chi connectivity index (χ4v) is 2.24. The lowest BCUT2D eigenvalue weighted by Crippen LogP contribution is -1.94. The largest absolute Gasteiger partial charge is 0.497 e. The van der Waals surface area contributed by atoms with Gasteiger partial charge in [-0.2, -0.15) is 0 Å². The Kier molecular flexibility index (Phi) is 4.81. The van der Waals surface area contributed by atoms with Crippen LogP contribution in [0.4, 0.5) is 0 Å². The van der Waals surface area contributed by atoms with Gasteiger partial charge in [0, 0.05) is 12.0 Å². The number of aryl methyl sites for hydroxylation is 1. The Hall–Kier alpha value is -2.51. The molecule has 0 amide bonds. The molecule has 0 unspecified atom stereocenters. The van der Waals surface area contributed by atoms with Gasteiger partial charge in [0.1, 0.15) is 17.4 Å². The monoisotopic (exact) mass is 282 g/mol. The minimum absolute atomic E-state index is 0.522. The number of ether oxygens (including phenoxy) is 2. The summed E-state index contributed by atoms with van der Waals surface area (Å²) in [6.45, 7) is 2.00. The molecule has 0 saturated heterocycles. The van der Waals surface area contributed by atoms with E-state index in [0.29, 0.717) is 12.0 Å². The van der Waals surface area contributed by atoms with Crippen LogP contribution in [-0.2, 0) is 11.2 Å². The average molecular weight is 282 g/mol. The van der Waals surface area contributed by atoms with Crippen LogP contribution < -0.4 is 9.47 Å². The van der Waals surface area contributed by atoms with E-state index in [0.717, 1.165) is 28.2 Å². The fraction of sp³-hybridized carbons (Fsp3) is 0.222. The molecule has 0 aliphatic carbocycles. The quantitative estimate of drug-likeness (QED) is 0.788. The van der Waals surface area contributed by atoms with Crippen LogP contribution in [0.15, 0.2) is 42.5 Å². The predicted molar refractivity (Wildman–Crippen MR) is 83.5 cm³/mol. The summed E-state index contributed by atoms with van der Waals surface area (Å²) in [6.07, 6.45) is 0.522. The first-order valence-corrected chi connectivity index (χ1v) is 6.69. The van der Waals surface area contributed by atoms with Crippen LogP contribution in [0.3, 0.4) is 0 Å². The molecule has 3 nitrogen and oxygen atoms in total. The molecule has 2 aromatic rings. The number of allylic oxidation sites excluding steroid dienone is 1.